The molecule has 3 N–H and O–H groups in total. The Hall–Kier alpha value is -1.26. The Bertz CT molecular complexity index is 476. The first-order chi connectivity index (χ1) is 10.7. The fraction of sp³-hybridized carbons (Fsp3) is 0.611. The smallest absolute Gasteiger partial charge is 0.220 e. The summed E-state index contributed by atoms with van der Waals surface area (Å²) in [5.74, 6) is 1.49. The van der Waals surface area contributed by atoms with Gasteiger partial charge in [0.25, 0.3) is 0 Å². The number of nitrogens with one attached hydrogen (secondary N) is 1. The van der Waals surface area contributed by atoms with Crippen LogP contribution in [0.1, 0.15) is 44.1 Å². The maximum atomic E-state index is 12.2. The average molecular weight is 341 g/mol. The second-order valence-electron chi connectivity index (χ2n) is 6.16. The lowest BCUT2D eigenvalue weighted by molar-refractivity contribution is -0.122. The zero-order valence-corrected chi connectivity index (χ0v) is 14.7. The van der Waals surface area contributed by atoms with E-state index in [1.54, 1.807) is 7.11 Å². The van der Waals surface area contributed by atoms with Crippen molar-refractivity contribution in [3.8, 4) is 5.75 Å². The number of hydrogen-bond acceptors (Lipinski definition) is 3. The molecule has 1 aromatic rings. The summed E-state index contributed by atoms with van der Waals surface area (Å²) in [6.07, 6.45) is 7.46. The molecular formula is C18H29ClN2O2. The Morgan fingerprint density at radius 3 is 2.74 bits per heavy atom. The lowest BCUT2D eigenvalue weighted by Gasteiger charge is -2.30. The first kappa shape index (κ1) is 19.8. The first-order valence-electron chi connectivity index (χ1n) is 8.35. The Morgan fingerprint density at radius 1 is 1.35 bits per heavy atom. The van der Waals surface area contributed by atoms with E-state index in [-0.39, 0.29) is 24.4 Å². The van der Waals surface area contributed by atoms with Crippen LogP contribution < -0.4 is 15.8 Å². The number of benzene rings is 1. The number of ether oxygens (including phenoxy) is 1. The molecule has 0 radical (unpaired) electrons. The van der Waals surface area contributed by atoms with Gasteiger partial charge >= 0.3 is 0 Å². The highest BCUT2D eigenvalue weighted by molar-refractivity contribution is 5.85. The zero-order valence-electron chi connectivity index (χ0n) is 13.9. The SMILES string of the molecule is COc1cccc(CCC(=O)NC(CN)C2CCCCC2)c1.Cl. The second kappa shape index (κ2) is 10.5. The van der Waals surface area contributed by atoms with Crippen LogP contribution in [0.2, 0.25) is 0 Å². The fourth-order valence-corrected chi connectivity index (χ4v) is 3.27. The molecule has 2 rings (SSSR count). The Kier molecular flexibility index (Phi) is 9.03. The molecule has 0 aromatic heterocycles. The summed E-state index contributed by atoms with van der Waals surface area (Å²) in [7, 11) is 1.65. The molecular weight excluding hydrogens is 312 g/mol. The molecule has 0 bridgehead atoms. The summed E-state index contributed by atoms with van der Waals surface area (Å²) in [5, 5.41) is 3.14. The minimum Gasteiger partial charge on any atom is -0.497 e. The van der Waals surface area contributed by atoms with E-state index < -0.39 is 0 Å². The summed E-state index contributed by atoms with van der Waals surface area (Å²) >= 11 is 0. The third kappa shape index (κ3) is 6.40. The van der Waals surface area contributed by atoms with Gasteiger partial charge in [-0.3, -0.25) is 4.79 Å². The third-order valence-corrected chi connectivity index (χ3v) is 4.59. The van der Waals surface area contributed by atoms with E-state index in [1.165, 1.54) is 32.1 Å². The van der Waals surface area contributed by atoms with E-state index in [1.807, 2.05) is 24.3 Å². The number of rotatable bonds is 7. The summed E-state index contributed by atoms with van der Waals surface area (Å²) in [6.45, 7) is 0.537. The number of methoxy groups -OCH3 is 1. The van der Waals surface area contributed by atoms with Crippen molar-refractivity contribution in [1.29, 1.82) is 0 Å². The number of aryl methyl sites for hydroxylation is 1. The summed E-state index contributed by atoms with van der Waals surface area (Å²) in [4.78, 5) is 12.2. The van der Waals surface area contributed by atoms with E-state index in [9.17, 15) is 4.79 Å². The molecule has 1 aliphatic rings. The van der Waals surface area contributed by atoms with Crippen molar-refractivity contribution < 1.29 is 9.53 Å². The Balaban J connectivity index is 0.00000264. The summed E-state index contributed by atoms with van der Waals surface area (Å²) in [5.41, 5.74) is 6.99. The minimum atomic E-state index is 0. The van der Waals surface area contributed by atoms with Gasteiger partial charge in [0.2, 0.25) is 5.91 Å². The highest BCUT2D eigenvalue weighted by Crippen LogP contribution is 2.26. The highest BCUT2D eigenvalue weighted by Gasteiger charge is 2.23. The number of carbonyl (C=O) groups is 1. The number of halogens is 1. The second-order valence-corrected chi connectivity index (χ2v) is 6.16. The van der Waals surface area contributed by atoms with Crippen molar-refractivity contribution in [2.45, 2.75) is 51.0 Å². The number of carbonyl (C=O) groups excluding carboxylic acids is 1. The van der Waals surface area contributed by atoms with Crippen molar-refractivity contribution in [1.82, 2.24) is 5.32 Å². The molecule has 1 atom stereocenters. The van der Waals surface area contributed by atoms with Crippen LogP contribution in [0.15, 0.2) is 24.3 Å². The van der Waals surface area contributed by atoms with Gasteiger partial charge < -0.3 is 15.8 Å². The molecule has 4 nitrogen and oxygen atoms in total. The van der Waals surface area contributed by atoms with Crippen molar-refractivity contribution in [2.75, 3.05) is 13.7 Å². The minimum absolute atomic E-state index is 0. The molecule has 1 unspecified atom stereocenters. The molecule has 23 heavy (non-hydrogen) atoms. The Labute approximate surface area is 145 Å². The molecule has 0 spiro atoms. The third-order valence-electron chi connectivity index (χ3n) is 4.59. The molecule has 5 heteroatoms. The molecule has 130 valence electrons. The zero-order chi connectivity index (χ0) is 15.8. The standard InChI is InChI=1S/C18H28N2O2.ClH/c1-22-16-9-5-6-14(12-16)10-11-18(21)20-17(13-19)15-7-3-2-4-8-15;/h5-6,9,12,15,17H,2-4,7-8,10-11,13,19H2,1H3,(H,20,21);1H. The predicted molar refractivity (Wildman–Crippen MR) is 96.1 cm³/mol. The number of nitrogens with two attached hydrogens (primary N) is 1. The van der Waals surface area contributed by atoms with Crippen LogP contribution in [0.5, 0.6) is 5.75 Å². The van der Waals surface area contributed by atoms with Crippen LogP contribution in [-0.2, 0) is 11.2 Å². The number of hydrogen-bond donors (Lipinski definition) is 2. The molecule has 1 aliphatic carbocycles. The van der Waals surface area contributed by atoms with Gasteiger partial charge in [0, 0.05) is 19.0 Å². The van der Waals surface area contributed by atoms with Gasteiger partial charge in [0.1, 0.15) is 5.75 Å². The van der Waals surface area contributed by atoms with Crippen LogP contribution in [0.25, 0.3) is 0 Å². The quantitative estimate of drug-likeness (QED) is 0.801. The van der Waals surface area contributed by atoms with Gasteiger partial charge in [0.05, 0.1) is 7.11 Å². The normalized spacial score (nSPS) is 16.3. The molecule has 1 saturated carbocycles. The van der Waals surface area contributed by atoms with Crippen LogP contribution >= 0.6 is 12.4 Å². The maximum Gasteiger partial charge on any atom is 0.220 e. The van der Waals surface area contributed by atoms with Crippen LogP contribution in [0.4, 0.5) is 0 Å². The van der Waals surface area contributed by atoms with Crippen LogP contribution in [0.3, 0.4) is 0 Å². The molecule has 0 aliphatic heterocycles. The Morgan fingerprint density at radius 2 is 2.09 bits per heavy atom. The van der Waals surface area contributed by atoms with E-state index in [2.05, 4.69) is 5.32 Å². The van der Waals surface area contributed by atoms with Gasteiger partial charge in [-0.1, -0.05) is 31.4 Å². The monoisotopic (exact) mass is 340 g/mol. The van der Waals surface area contributed by atoms with Crippen molar-refractivity contribution in [2.24, 2.45) is 11.7 Å². The lowest BCUT2D eigenvalue weighted by atomic mass is 9.84. The van der Waals surface area contributed by atoms with E-state index >= 15 is 0 Å². The van der Waals surface area contributed by atoms with Gasteiger partial charge in [0.15, 0.2) is 0 Å². The molecule has 1 amide bonds. The molecule has 1 fully saturated rings. The maximum absolute atomic E-state index is 12.2. The largest absolute Gasteiger partial charge is 0.497 e. The molecule has 0 heterocycles. The summed E-state index contributed by atoms with van der Waals surface area (Å²) < 4.78 is 5.21. The molecule has 1 aromatic carbocycles. The van der Waals surface area contributed by atoms with Gasteiger partial charge in [-0.05, 0) is 42.9 Å². The summed E-state index contributed by atoms with van der Waals surface area (Å²) in [6, 6.07) is 8.01. The van der Waals surface area contributed by atoms with E-state index in [0.717, 1.165) is 17.7 Å². The van der Waals surface area contributed by atoms with E-state index in [0.29, 0.717) is 18.9 Å². The van der Waals surface area contributed by atoms with Crippen molar-refractivity contribution in [3.63, 3.8) is 0 Å². The van der Waals surface area contributed by atoms with Gasteiger partial charge in [-0.25, -0.2) is 0 Å². The van der Waals surface area contributed by atoms with Crippen LogP contribution in [-0.4, -0.2) is 25.6 Å². The first-order valence-corrected chi connectivity index (χ1v) is 8.35. The van der Waals surface area contributed by atoms with E-state index in [4.69, 9.17) is 10.5 Å². The highest BCUT2D eigenvalue weighted by atomic mass is 35.5. The van der Waals surface area contributed by atoms with Gasteiger partial charge in [-0.2, -0.15) is 0 Å². The predicted octanol–water partition coefficient (Wildman–Crippen LogP) is 3.07. The molecule has 0 saturated heterocycles. The average Bonchev–Trinajstić information content (AvgIpc) is 2.58. The number of amides is 1. The van der Waals surface area contributed by atoms with Crippen molar-refractivity contribution in [3.05, 3.63) is 29.8 Å². The van der Waals surface area contributed by atoms with Crippen LogP contribution in [0, 0.1) is 5.92 Å². The van der Waals surface area contributed by atoms with Gasteiger partial charge in [-0.15, -0.1) is 12.4 Å². The fourth-order valence-electron chi connectivity index (χ4n) is 3.27. The lowest BCUT2D eigenvalue weighted by Crippen LogP contribution is -2.45. The van der Waals surface area contributed by atoms with Crippen molar-refractivity contribution >= 4 is 18.3 Å². The topological polar surface area (TPSA) is 64.3 Å².